The van der Waals surface area contributed by atoms with Crippen LogP contribution in [0.25, 0.3) is 6.08 Å². The number of rotatable bonds is 3. The Morgan fingerprint density at radius 3 is 2.44 bits per heavy atom. The van der Waals surface area contributed by atoms with Gasteiger partial charge >= 0.3 is 5.97 Å². The number of methoxy groups -OCH3 is 1. The zero-order chi connectivity index (χ0) is 18.0. The molecule has 3 rings (SSSR count). The molecular weight excluding hydrogens is 314 g/mol. The van der Waals surface area contributed by atoms with E-state index in [0.717, 1.165) is 5.56 Å². The zero-order valence-corrected chi connectivity index (χ0v) is 14.9. The number of aliphatic imine (C=N–C) groups is 1. The number of hydrogen-bond donors (Lipinski definition) is 0. The molecule has 1 aliphatic heterocycles. The fourth-order valence-corrected chi connectivity index (χ4v) is 2.53. The number of carbonyl (C=O) groups is 1. The van der Waals surface area contributed by atoms with Gasteiger partial charge in [-0.15, -0.1) is 0 Å². The quantitative estimate of drug-likeness (QED) is 0.619. The second-order valence-electron chi connectivity index (χ2n) is 6.94. The third-order valence-corrected chi connectivity index (χ3v) is 4.02. The van der Waals surface area contributed by atoms with Gasteiger partial charge in [0.1, 0.15) is 5.75 Å². The number of cyclic esters (lactones) is 1. The number of carbonyl (C=O) groups excluding carboxylic acids is 1. The number of hydrogen-bond acceptors (Lipinski definition) is 4. The van der Waals surface area contributed by atoms with E-state index in [1.54, 1.807) is 19.3 Å². The van der Waals surface area contributed by atoms with Crippen molar-refractivity contribution in [3.8, 4) is 5.75 Å². The molecule has 0 radical (unpaired) electrons. The SMILES string of the molecule is COc1cccc(C2=N/C(=C/c3ccc(C(C)(C)C)cc3)C(=O)O2)c1. The van der Waals surface area contributed by atoms with Crippen LogP contribution in [0.2, 0.25) is 0 Å². The molecule has 0 saturated carbocycles. The molecule has 0 atom stereocenters. The van der Waals surface area contributed by atoms with Crippen LogP contribution in [0.3, 0.4) is 0 Å². The predicted molar refractivity (Wildman–Crippen MR) is 98.7 cm³/mol. The van der Waals surface area contributed by atoms with Crippen molar-refractivity contribution in [1.29, 1.82) is 0 Å². The van der Waals surface area contributed by atoms with E-state index in [2.05, 4.69) is 37.9 Å². The average Bonchev–Trinajstić information content (AvgIpc) is 2.95. The monoisotopic (exact) mass is 335 g/mol. The molecule has 0 N–H and O–H groups in total. The lowest BCUT2D eigenvalue weighted by Crippen LogP contribution is -2.10. The first-order valence-corrected chi connectivity index (χ1v) is 8.14. The molecule has 1 heterocycles. The van der Waals surface area contributed by atoms with Gasteiger partial charge in [0.2, 0.25) is 5.90 Å². The van der Waals surface area contributed by atoms with E-state index in [1.807, 2.05) is 30.3 Å². The average molecular weight is 335 g/mol. The van der Waals surface area contributed by atoms with Crippen LogP contribution in [0.15, 0.2) is 59.2 Å². The van der Waals surface area contributed by atoms with Crippen molar-refractivity contribution >= 4 is 17.9 Å². The Morgan fingerprint density at radius 2 is 1.80 bits per heavy atom. The molecule has 0 amide bonds. The molecule has 4 nitrogen and oxygen atoms in total. The molecular formula is C21H21NO3. The van der Waals surface area contributed by atoms with Crippen molar-refractivity contribution in [2.24, 2.45) is 4.99 Å². The third-order valence-electron chi connectivity index (χ3n) is 4.02. The summed E-state index contributed by atoms with van der Waals surface area (Å²) in [5, 5.41) is 0. The number of ether oxygens (including phenoxy) is 2. The highest BCUT2D eigenvalue weighted by Gasteiger charge is 2.24. The summed E-state index contributed by atoms with van der Waals surface area (Å²) in [7, 11) is 1.59. The molecule has 0 spiro atoms. The maximum absolute atomic E-state index is 12.1. The Labute approximate surface area is 147 Å². The summed E-state index contributed by atoms with van der Waals surface area (Å²) in [6.45, 7) is 6.50. The van der Waals surface area contributed by atoms with Gasteiger partial charge in [0.15, 0.2) is 5.70 Å². The molecule has 4 heteroatoms. The van der Waals surface area contributed by atoms with E-state index in [-0.39, 0.29) is 5.41 Å². The highest BCUT2D eigenvalue weighted by atomic mass is 16.6. The van der Waals surface area contributed by atoms with Gasteiger partial charge in [0, 0.05) is 5.56 Å². The smallest absolute Gasteiger partial charge is 0.363 e. The summed E-state index contributed by atoms with van der Waals surface area (Å²) in [5.41, 5.74) is 3.25. The number of benzene rings is 2. The topological polar surface area (TPSA) is 47.9 Å². The van der Waals surface area contributed by atoms with Crippen LogP contribution >= 0.6 is 0 Å². The van der Waals surface area contributed by atoms with Crippen LogP contribution in [0, 0.1) is 0 Å². The Morgan fingerprint density at radius 1 is 1.08 bits per heavy atom. The van der Waals surface area contributed by atoms with E-state index in [4.69, 9.17) is 9.47 Å². The van der Waals surface area contributed by atoms with Crippen molar-refractivity contribution in [3.05, 3.63) is 70.9 Å². The molecule has 128 valence electrons. The Kier molecular flexibility index (Phi) is 4.45. The van der Waals surface area contributed by atoms with Gasteiger partial charge in [-0.25, -0.2) is 9.79 Å². The molecule has 0 fully saturated rings. The summed E-state index contributed by atoms with van der Waals surface area (Å²) in [6.07, 6.45) is 1.74. The molecule has 2 aromatic rings. The van der Waals surface area contributed by atoms with Crippen LogP contribution < -0.4 is 4.74 Å². The van der Waals surface area contributed by atoms with E-state index >= 15 is 0 Å². The highest BCUT2D eigenvalue weighted by molar-refractivity contribution is 6.12. The molecule has 0 bridgehead atoms. The number of esters is 1. The van der Waals surface area contributed by atoms with E-state index in [9.17, 15) is 4.79 Å². The molecule has 0 aromatic heterocycles. The van der Waals surface area contributed by atoms with Crippen LogP contribution in [0.4, 0.5) is 0 Å². The van der Waals surface area contributed by atoms with Gasteiger partial charge in [-0.3, -0.25) is 0 Å². The van der Waals surface area contributed by atoms with Gasteiger partial charge in [-0.2, -0.15) is 0 Å². The molecule has 0 unspecified atom stereocenters. The minimum Gasteiger partial charge on any atom is -0.497 e. The summed E-state index contributed by atoms with van der Waals surface area (Å²) in [4.78, 5) is 16.4. The molecule has 1 aliphatic rings. The Hall–Kier alpha value is -2.88. The van der Waals surface area contributed by atoms with E-state index in [1.165, 1.54) is 5.56 Å². The first-order chi connectivity index (χ1) is 11.9. The molecule has 25 heavy (non-hydrogen) atoms. The summed E-state index contributed by atoms with van der Waals surface area (Å²) < 4.78 is 10.5. The van der Waals surface area contributed by atoms with Crippen molar-refractivity contribution in [2.75, 3.05) is 7.11 Å². The zero-order valence-electron chi connectivity index (χ0n) is 14.9. The van der Waals surface area contributed by atoms with E-state index < -0.39 is 5.97 Å². The first kappa shape index (κ1) is 17.0. The third kappa shape index (κ3) is 3.79. The van der Waals surface area contributed by atoms with Crippen molar-refractivity contribution < 1.29 is 14.3 Å². The minimum absolute atomic E-state index is 0.0929. The lowest BCUT2D eigenvalue weighted by Gasteiger charge is -2.18. The number of nitrogens with zero attached hydrogens (tertiary/aromatic N) is 1. The van der Waals surface area contributed by atoms with Gasteiger partial charge in [0.25, 0.3) is 0 Å². The maximum atomic E-state index is 12.1. The molecule has 2 aromatic carbocycles. The highest BCUT2D eigenvalue weighted by Crippen LogP contribution is 2.24. The van der Waals surface area contributed by atoms with Gasteiger partial charge in [-0.05, 0) is 40.8 Å². The van der Waals surface area contributed by atoms with Gasteiger partial charge < -0.3 is 9.47 Å². The Bertz CT molecular complexity index is 855. The first-order valence-electron chi connectivity index (χ1n) is 8.14. The van der Waals surface area contributed by atoms with Crippen LogP contribution in [0.1, 0.15) is 37.5 Å². The summed E-state index contributed by atoms with van der Waals surface area (Å²) in [6, 6.07) is 15.4. The molecule has 0 saturated heterocycles. The molecule has 0 aliphatic carbocycles. The van der Waals surface area contributed by atoms with Crippen molar-refractivity contribution in [2.45, 2.75) is 26.2 Å². The van der Waals surface area contributed by atoms with Crippen molar-refractivity contribution in [3.63, 3.8) is 0 Å². The summed E-state index contributed by atoms with van der Waals surface area (Å²) in [5.74, 6) is 0.533. The second-order valence-corrected chi connectivity index (χ2v) is 6.94. The normalized spacial score (nSPS) is 15.9. The van der Waals surface area contributed by atoms with Gasteiger partial charge in [0.05, 0.1) is 7.11 Å². The largest absolute Gasteiger partial charge is 0.497 e. The Balaban J connectivity index is 1.88. The van der Waals surface area contributed by atoms with E-state index in [0.29, 0.717) is 22.9 Å². The van der Waals surface area contributed by atoms with Crippen LogP contribution in [-0.4, -0.2) is 19.0 Å². The standard InChI is InChI=1S/C21H21NO3/c1-21(2,3)16-10-8-14(9-11-16)12-18-20(23)25-19(22-18)15-6-5-7-17(13-15)24-4/h5-13H,1-4H3/b18-12+. The van der Waals surface area contributed by atoms with Crippen LogP contribution in [-0.2, 0) is 14.9 Å². The lowest BCUT2D eigenvalue weighted by molar-refractivity contribution is -0.129. The lowest BCUT2D eigenvalue weighted by atomic mass is 9.87. The van der Waals surface area contributed by atoms with Gasteiger partial charge in [-0.1, -0.05) is 51.1 Å². The predicted octanol–water partition coefficient (Wildman–Crippen LogP) is 4.34. The fourth-order valence-electron chi connectivity index (χ4n) is 2.53. The maximum Gasteiger partial charge on any atom is 0.363 e. The summed E-state index contributed by atoms with van der Waals surface area (Å²) >= 11 is 0. The van der Waals surface area contributed by atoms with Crippen LogP contribution in [0.5, 0.6) is 5.75 Å². The van der Waals surface area contributed by atoms with Crippen molar-refractivity contribution in [1.82, 2.24) is 0 Å². The second kappa shape index (κ2) is 6.55. The minimum atomic E-state index is -0.447. The fraction of sp³-hybridized carbons (Fsp3) is 0.238.